The summed E-state index contributed by atoms with van der Waals surface area (Å²) in [6.07, 6.45) is 0.505. The van der Waals surface area contributed by atoms with Crippen LogP contribution < -0.4 is 0 Å². The van der Waals surface area contributed by atoms with Gasteiger partial charge in [0.05, 0.1) is 19.1 Å². The molecule has 1 aliphatic rings. The molecular weight excluding hydrogens is 224 g/mol. The molecule has 4 unspecified atom stereocenters. The molecule has 5 heteroatoms. The van der Waals surface area contributed by atoms with Crippen molar-refractivity contribution in [3.05, 3.63) is 0 Å². The molecule has 0 spiro atoms. The van der Waals surface area contributed by atoms with Gasteiger partial charge in [0.15, 0.2) is 0 Å². The Morgan fingerprint density at radius 1 is 1.35 bits per heavy atom. The van der Waals surface area contributed by atoms with E-state index >= 15 is 0 Å². The van der Waals surface area contributed by atoms with Gasteiger partial charge in [-0.15, -0.1) is 0 Å². The van der Waals surface area contributed by atoms with Gasteiger partial charge >= 0.3 is 11.9 Å². The molecule has 0 aromatic heterocycles. The van der Waals surface area contributed by atoms with E-state index in [0.717, 1.165) is 0 Å². The highest BCUT2D eigenvalue weighted by Gasteiger charge is 2.40. The van der Waals surface area contributed by atoms with E-state index in [2.05, 4.69) is 4.74 Å². The van der Waals surface area contributed by atoms with Gasteiger partial charge in [-0.05, 0) is 19.3 Å². The van der Waals surface area contributed by atoms with Crippen molar-refractivity contribution in [3.8, 4) is 0 Å². The van der Waals surface area contributed by atoms with Crippen molar-refractivity contribution in [3.63, 3.8) is 0 Å². The second-order valence-corrected chi connectivity index (χ2v) is 4.48. The van der Waals surface area contributed by atoms with Crippen LogP contribution in [0.1, 0.15) is 33.1 Å². The van der Waals surface area contributed by atoms with E-state index in [4.69, 9.17) is 4.74 Å². The lowest BCUT2D eigenvalue weighted by Crippen LogP contribution is -2.44. The number of carbonyl (C=O) groups is 2. The Morgan fingerprint density at radius 2 is 2.00 bits per heavy atom. The van der Waals surface area contributed by atoms with Crippen LogP contribution in [0.3, 0.4) is 0 Å². The molecule has 0 saturated heterocycles. The number of methoxy groups -OCH3 is 1. The van der Waals surface area contributed by atoms with Crippen molar-refractivity contribution in [2.75, 3.05) is 7.11 Å². The molecule has 0 aromatic rings. The summed E-state index contributed by atoms with van der Waals surface area (Å²) in [5, 5.41) is 9.97. The number of esters is 2. The van der Waals surface area contributed by atoms with E-state index in [1.807, 2.05) is 6.92 Å². The minimum absolute atomic E-state index is 0.0974. The third-order valence-corrected chi connectivity index (χ3v) is 3.34. The van der Waals surface area contributed by atoms with E-state index in [0.29, 0.717) is 19.3 Å². The van der Waals surface area contributed by atoms with Gasteiger partial charge in [0.25, 0.3) is 0 Å². The highest BCUT2D eigenvalue weighted by Crippen LogP contribution is 2.34. The fraction of sp³-hybridized carbons (Fsp3) is 0.833. The first-order valence-corrected chi connectivity index (χ1v) is 5.92. The second kappa shape index (κ2) is 6.00. The quantitative estimate of drug-likeness (QED) is 0.746. The molecule has 4 atom stereocenters. The zero-order chi connectivity index (χ0) is 13.0. The molecule has 0 heterocycles. The molecule has 98 valence electrons. The Hall–Kier alpha value is -1.10. The van der Waals surface area contributed by atoms with Crippen LogP contribution in [0, 0.1) is 11.8 Å². The van der Waals surface area contributed by atoms with Gasteiger partial charge in [-0.1, -0.05) is 6.92 Å². The van der Waals surface area contributed by atoms with E-state index in [1.54, 1.807) is 0 Å². The largest absolute Gasteiger partial charge is 0.469 e. The second-order valence-electron chi connectivity index (χ2n) is 4.48. The van der Waals surface area contributed by atoms with Crippen LogP contribution in [0.4, 0.5) is 0 Å². The summed E-state index contributed by atoms with van der Waals surface area (Å²) in [6.45, 7) is 3.27. The highest BCUT2D eigenvalue weighted by molar-refractivity contribution is 5.72. The number of aliphatic hydroxyl groups is 1. The molecular formula is C12H20O5. The normalized spacial score (nSPS) is 32.9. The summed E-state index contributed by atoms with van der Waals surface area (Å²) in [4.78, 5) is 22.5. The van der Waals surface area contributed by atoms with E-state index in [1.165, 1.54) is 14.0 Å². The predicted molar refractivity (Wildman–Crippen MR) is 60.1 cm³/mol. The maximum Gasteiger partial charge on any atom is 0.308 e. The summed E-state index contributed by atoms with van der Waals surface area (Å²) in [5.41, 5.74) is 0. The average molecular weight is 244 g/mol. The fourth-order valence-corrected chi connectivity index (χ4v) is 2.51. The third kappa shape index (κ3) is 3.43. The van der Waals surface area contributed by atoms with Gasteiger partial charge in [0, 0.05) is 12.8 Å². The number of hydrogen-bond acceptors (Lipinski definition) is 5. The summed E-state index contributed by atoms with van der Waals surface area (Å²) in [7, 11) is 1.32. The molecule has 0 aromatic carbocycles. The van der Waals surface area contributed by atoms with Gasteiger partial charge in [-0.25, -0.2) is 0 Å². The molecule has 0 aliphatic heterocycles. The van der Waals surface area contributed by atoms with Crippen LogP contribution in [-0.2, 0) is 19.1 Å². The molecule has 1 saturated carbocycles. The van der Waals surface area contributed by atoms with Crippen molar-refractivity contribution < 1.29 is 24.2 Å². The molecule has 5 nitrogen and oxygen atoms in total. The molecule has 0 bridgehead atoms. The minimum atomic E-state index is -0.623. The minimum Gasteiger partial charge on any atom is -0.469 e. The fourth-order valence-electron chi connectivity index (χ4n) is 2.51. The van der Waals surface area contributed by atoms with Gasteiger partial charge in [-0.3, -0.25) is 9.59 Å². The van der Waals surface area contributed by atoms with Crippen molar-refractivity contribution in [2.24, 2.45) is 11.8 Å². The first-order chi connectivity index (χ1) is 7.99. The standard InChI is InChI=1S/C12H20O5/c1-4-9-10(14)5-8(12(15)16-3)6-11(9)17-7(2)13/h8-11,14H,4-6H2,1-3H3. The Balaban J connectivity index is 2.75. The average Bonchev–Trinajstić information content (AvgIpc) is 2.26. The Morgan fingerprint density at radius 3 is 2.47 bits per heavy atom. The molecule has 1 N–H and O–H groups in total. The van der Waals surface area contributed by atoms with Gasteiger partial charge in [-0.2, -0.15) is 0 Å². The number of aliphatic hydroxyl groups excluding tert-OH is 1. The van der Waals surface area contributed by atoms with Crippen molar-refractivity contribution >= 4 is 11.9 Å². The maximum absolute atomic E-state index is 11.5. The first kappa shape index (κ1) is 14.0. The lowest BCUT2D eigenvalue weighted by molar-refractivity contribution is -0.165. The zero-order valence-electron chi connectivity index (χ0n) is 10.5. The molecule has 0 radical (unpaired) electrons. The van der Waals surface area contributed by atoms with Crippen molar-refractivity contribution in [1.29, 1.82) is 0 Å². The predicted octanol–water partition coefficient (Wildman–Crippen LogP) is 0.888. The summed E-state index contributed by atoms with van der Waals surface area (Å²) < 4.78 is 9.85. The molecule has 0 amide bonds. The summed E-state index contributed by atoms with van der Waals surface area (Å²) >= 11 is 0. The van der Waals surface area contributed by atoms with Crippen LogP contribution in [0.15, 0.2) is 0 Å². The Labute approximate surface area is 101 Å². The van der Waals surface area contributed by atoms with Crippen molar-refractivity contribution in [1.82, 2.24) is 0 Å². The summed E-state index contributed by atoms with van der Waals surface area (Å²) in [6, 6.07) is 0. The third-order valence-electron chi connectivity index (χ3n) is 3.34. The van der Waals surface area contributed by atoms with Crippen molar-refractivity contribution in [2.45, 2.75) is 45.3 Å². The van der Waals surface area contributed by atoms with E-state index < -0.39 is 12.2 Å². The van der Waals surface area contributed by atoms with Gasteiger partial charge < -0.3 is 14.6 Å². The lowest BCUT2D eigenvalue weighted by atomic mass is 9.76. The van der Waals surface area contributed by atoms with E-state index in [9.17, 15) is 14.7 Å². The SMILES string of the molecule is CCC1C(O)CC(C(=O)OC)CC1OC(C)=O. The van der Waals surface area contributed by atoms with Crippen LogP contribution in [0.2, 0.25) is 0 Å². The number of carbonyl (C=O) groups excluding carboxylic acids is 2. The van der Waals surface area contributed by atoms with Crippen LogP contribution in [0.25, 0.3) is 0 Å². The van der Waals surface area contributed by atoms with Crippen LogP contribution in [0.5, 0.6) is 0 Å². The van der Waals surface area contributed by atoms with Gasteiger partial charge in [0.1, 0.15) is 6.10 Å². The van der Waals surface area contributed by atoms with Gasteiger partial charge in [0.2, 0.25) is 0 Å². The Kier molecular flexibility index (Phi) is 4.93. The Bertz CT molecular complexity index is 289. The monoisotopic (exact) mass is 244 g/mol. The van der Waals surface area contributed by atoms with E-state index in [-0.39, 0.29) is 23.8 Å². The molecule has 1 rings (SSSR count). The topological polar surface area (TPSA) is 72.8 Å². The first-order valence-electron chi connectivity index (χ1n) is 5.92. The maximum atomic E-state index is 11.5. The smallest absolute Gasteiger partial charge is 0.308 e. The zero-order valence-corrected chi connectivity index (χ0v) is 10.5. The molecule has 1 aliphatic carbocycles. The number of rotatable bonds is 3. The van der Waals surface area contributed by atoms with Crippen LogP contribution >= 0.6 is 0 Å². The highest BCUT2D eigenvalue weighted by atomic mass is 16.5. The number of ether oxygens (including phenoxy) is 2. The molecule has 17 heavy (non-hydrogen) atoms. The number of hydrogen-bond donors (Lipinski definition) is 1. The molecule has 1 fully saturated rings. The van der Waals surface area contributed by atoms with Crippen LogP contribution in [-0.4, -0.2) is 36.4 Å². The summed E-state index contributed by atoms with van der Waals surface area (Å²) in [5.74, 6) is -1.22. The lowest BCUT2D eigenvalue weighted by Gasteiger charge is -2.37.